The van der Waals surface area contributed by atoms with Crippen molar-refractivity contribution in [3.63, 3.8) is 0 Å². The number of carbonyl (C=O) groups is 2. The quantitative estimate of drug-likeness (QED) is 0.327. The van der Waals surface area contributed by atoms with Gasteiger partial charge >= 0.3 is 12.2 Å². The number of amides is 3. The van der Waals surface area contributed by atoms with Crippen molar-refractivity contribution >= 4 is 23.3 Å². The Hall–Kier alpha value is -4.01. The number of anilines is 2. The highest BCUT2D eigenvalue weighted by Gasteiger charge is 2.42. The van der Waals surface area contributed by atoms with Crippen LogP contribution < -0.4 is 15.5 Å². The van der Waals surface area contributed by atoms with Gasteiger partial charge in [-0.15, -0.1) is 0 Å². The minimum absolute atomic E-state index is 0.0402. The second-order valence-electron chi connectivity index (χ2n) is 10.3. The first-order valence-corrected chi connectivity index (χ1v) is 13.7. The van der Waals surface area contributed by atoms with Gasteiger partial charge in [-0.25, -0.2) is 4.79 Å². The molecule has 0 saturated carbocycles. The number of para-hydroxylation sites is 1. The maximum absolute atomic E-state index is 14.0. The van der Waals surface area contributed by atoms with Gasteiger partial charge in [-0.1, -0.05) is 67.9 Å². The minimum atomic E-state index is -4.50. The number of halogens is 3. The molecule has 0 spiro atoms. The van der Waals surface area contributed by atoms with Crippen molar-refractivity contribution in [3.05, 3.63) is 83.9 Å². The predicted molar refractivity (Wildman–Crippen MR) is 150 cm³/mol. The number of rotatable bonds is 8. The number of alkyl halides is 3. The molecule has 2 aliphatic rings. The van der Waals surface area contributed by atoms with Crippen LogP contribution in [0.2, 0.25) is 0 Å². The van der Waals surface area contributed by atoms with Crippen molar-refractivity contribution in [2.45, 2.75) is 50.9 Å². The van der Waals surface area contributed by atoms with E-state index in [1.807, 2.05) is 67.6 Å². The van der Waals surface area contributed by atoms with Crippen molar-refractivity contribution in [3.8, 4) is 11.1 Å². The Labute approximate surface area is 232 Å². The van der Waals surface area contributed by atoms with Gasteiger partial charge < -0.3 is 20.4 Å². The van der Waals surface area contributed by atoms with Crippen LogP contribution in [-0.2, 0) is 4.79 Å². The molecule has 3 aromatic rings. The molecule has 6 nitrogen and oxygen atoms in total. The highest BCUT2D eigenvalue weighted by Crippen LogP contribution is 2.50. The van der Waals surface area contributed by atoms with Crippen LogP contribution in [-0.4, -0.2) is 48.8 Å². The monoisotopic (exact) mass is 550 g/mol. The van der Waals surface area contributed by atoms with Crippen molar-refractivity contribution < 1.29 is 22.8 Å². The molecule has 2 N–H and O–H groups in total. The average molecular weight is 551 g/mol. The summed E-state index contributed by atoms with van der Waals surface area (Å²) in [6, 6.07) is 22.0. The SMILES string of the molecule is CCCCN(CC(F)(F)F)C(=O)C1c2ccccc2-c2cccc(N3CCCC3NC(=O)Nc3ccccc3)c21. The summed E-state index contributed by atoms with van der Waals surface area (Å²) < 4.78 is 40.7. The Bertz CT molecular complexity index is 1360. The van der Waals surface area contributed by atoms with E-state index in [0.29, 0.717) is 42.6 Å². The molecule has 1 heterocycles. The zero-order valence-electron chi connectivity index (χ0n) is 22.4. The third-order valence-corrected chi connectivity index (χ3v) is 7.54. The summed E-state index contributed by atoms with van der Waals surface area (Å²) in [4.78, 5) is 29.9. The number of hydrogen-bond donors (Lipinski definition) is 2. The fourth-order valence-electron chi connectivity index (χ4n) is 5.81. The fraction of sp³-hybridized carbons (Fsp3) is 0.355. The fourth-order valence-corrected chi connectivity index (χ4v) is 5.81. The van der Waals surface area contributed by atoms with Gasteiger partial charge in [0.15, 0.2) is 0 Å². The number of nitrogens with one attached hydrogen (secondary N) is 2. The molecule has 0 aromatic heterocycles. The van der Waals surface area contributed by atoms with E-state index in [0.717, 1.165) is 28.1 Å². The molecular weight excluding hydrogens is 517 g/mol. The van der Waals surface area contributed by atoms with Crippen LogP contribution in [0.1, 0.15) is 49.7 Å². The number of fused-ring (bicyclic) bond motifs is 3. The van der Waals surface area contributed by atoms with E-state index in [-0.39, 0.29) is 18.7 Å². The first-order chi connectivity index (χ1) is 19.3. The first kappa shape index (κ1) is 27.6. The van der Waals surface area contributed by atoms with Crippen LogP contribution in [0.3, 0.4) is 0 Å². The number of unbranched alkanes of at least 4 members (excludes halogenated alkanes) is 1. The number of urea groups is 1. The first-order valence-electron chi connectivity index (χ1n) is 13.7. The summed E-state index contributed by atoms with van der Waals surface area (Å²) in [5, 5.41) is 5.89. The predicted octanol–water partition coefficient (Wildman–Crippen LogP) is 6.74. The molecule has 1 aliphatic heterocycles. The Morgan fingerprint density at radius 3 is 2.45 bits per heavy atom. The maximum atomic E-state index is 14.0. The highest BCUT2D eigenvalue weighted by molar-refractivity contribution is 5.99. The Morgan fingerprint density at radius 2 is 1.70 bits per heavy atom. The lowest BCUT2D eigenvalue weighted by Gasteiger charge is -2.32. The van der Waals surface area contributed by atoms with Crippen LogP contribution in [0.15, 0.2) is 72.8 Å². The molecule has 210 valence electrons. The molecule has 0 radical (unpaired) electrons. The topological polar surface area (TPSA) is 64.7 Å². The van der Waals surface area contributed by atoms with E-state index in [4.69, 9.17) is 0 Å². The smallest absolute Gasteiger partial charge is 0.351 e. The Morgan fingerprint density at radius 1 is 0.975 bits per heavy atom. The number of carbonyl (C=O) groups excluding carboxylic acids is 2. The molecule has 1 fully saturated rings. The second kappa shape index (κ2) is 11.6. The number of hydrogen-bond acceptors (Lipinski definition) is 3. The maximum Gasteiger partial charge on any atom is 0.406 e. The van der Waals surface area contributed by atoms with Gasteiger partial charge in [-0.3, -0.25) is 4.79 Å². The third kappa shape index (κ3) is 5.78. The molecule has 40 heavy (non-hydrogen) atoms. The van der Waals surface area contributed by atoms with Gasteiger partial charge in [0.1, 0.15) is 12.7 Å². The van der Waals surface area contributed by atoms with Crippen LogP contribution in [0.5, 0.6) is 0 Å². The summed E-state index contributed by atoms with van der Waals surface area (Å²) in [6.07, 6.45) is -2.15. The molecular formula is C31H33F3N4O2. The summed E-state index contributed by atoms with van der Waals surface area (Å²) in [5.74, 6) is -1.41. The van der Waals surface area contributed by atoms with Gasteiger partial charge in [0, 0.05) is 30.0 Å². The zero-order valence-corrected chi connectivity index (χ0v) is 22.4. The molecule has 3 amide bonds. The minimum Gasteiger partial charge on any atom is -0.351 e. The summed E-state index contributed by atoms with van der Waals surface area (Å²) in [5.41, 5.74) is 4.54. The standard InChI is InChI=1S/C31H33F3N4O2/c1-2-3-18-37(20-31(32,33)34)29(39)28-24-14-8-7-13-22(24)23-15-9-16-25(27(23)28)38-19-10-17-26(38)36-30(40)35-21-11-5-4-6-12-21/h4-9,11-16,26,28H,2-3,10,17-20H2,1H3,(H2,35,36,40). The lowest BCUT2D eigenvalue weighted by molar-refractivity contribution is -0.161. The zero-order chi connectivity index (χ0) is 28.3. The van der Waals surface area contributed by atoms with Crippen molar-refractivity contribution in [2.75, 3.05) is 29.9 Å². The number of benzene rings is 3. The van der Waals surface area contributed by atoms with E-state index in [1.165, 1.54) is 0 Å². The summed E-state index contributed by atoms with van der Waals surface area (Å²) >= 11 is 0. The van der Waals surface area contributed by atoms with E-state index in [9.17, 15) is 22.8 Å². The molecule has 5 rings (SSSR count). The molecule has 1 aliphatic carbocycles. The number of nitrogens with zero attached hydrogens (tertiary/aromatic N) is 2. The van der Waals surface area contributed by atoms with Crippen LogP contribution >= 0.6 is 0 Å². The summed E-state index contributed by atoms with van der Waals surface area (Å²) in [7, 11) is 0. The normalized spacial score (nSPS) is 17.8. The van der Waals surface area contributed by atoms with E-state index in [1.54, 1.807) is 12.1 Å². The van der Waals surface area contributed by atoms with Crippen LogP contribution in [0.4, 0.5) is 29.3 Å². The molecule has 2 atom stereocenters. The highest BCUT2D eigenvalue weighted by atomic mass is 19.4. The third-order valence-electron chi connectivity index (χ3n) is 7.54. The largest absolute Gasteiger partial charge is 0.406 e. The molecule has 9 heteroatoms. The molecule has 3 aromatic carbocycles. The summed E-state index contributed by atoms with van der Waals surface area (Å²) in [6.45, 7) is 1.29. The molecule has 2 unspecified atom stereocenters. The van der Waals surface area contributed by atoms with Crippen LogP contribution in [0.25, 0.3) is 11.1 Å². The van der Waals surface area contributed by atoms with Crippen molar-refractivity contribution in [2.24, 2.45) is 0 Å². The van der Waals surface area contributed by atoms with E-state index >= 15 is 0 Å². The van der Waals surface area contributed by atoms with E-state index in [2.05, 4.69) is 15.5 Å². The van der Waals surface area contributed by atoms with Crippen LogP contribution in [0, 0.1) is 0 Å². The van der Waals surface area contributed by atoms with Gasteiger partial charge in [0.05, 0.1) is 5.92 Å². The van der Waals surface area contributed by atoms with E-state index < -0.39 is 24.5 Å². The van der Waals surface area contributed by atoms with Gasteiger partial charge in [0.25, 0.3) is 0 Å². The van der Waals surface area contributed by atoms with Crippen molar-refractivity contribution in [1.29, 1.82) is 0 Å². The van der Waals surface area contributed by atoms with Gasteiger partial charge in [0.2, 0.25) is 5.91 Å². The lowest BCUT2D eigenvalue weighted by atomic mass is 9.93. The van der Waals surface area contributed by atoms with Crippen molar-refractivity contribution in [1.82, 2.24) is 10.2 Å². The lowest BCUT2D eigenvalue weighted by Crippen LogP contribution is -2.47. The molecule has 0 bridgehead atoms. The average Bonchev–Trinajstić information content (AvgIpc) is 3.53. The molecule has 1 saturated heterocycles. The van der Waals surface area contributed by atoms with Gasteiger partial charge in [-0.2, -0.15) is 13.2 Å². The Balaban J connectivity index is 1.49. The Kier molecular flexibility index (Phi) is 8.00. The van der Waals surface area contributed by atoms with Gasteiger partial charge in [-0.05, 0) is 54.2 Å². The second-order valence-corrected chi connectivity index (χ2v) is 10.3.